The van der Waals surface area contributed by atoms with Gasteiger partial charge < -0.3 is 15.4 Å². The van der Waals surface area contributed by atoms with Crippen molar-refractivity contribution in [2.24, 2.45) is 5.92 Å². The second kappa shape index (κ2) is 8.82. The van der Waals surface area contributed by atoms with Gasteiger partial charge in [0.15, 0.2) is 0 Å². The highest BCUT2D eigenvalue weighted by molar-refractivity contribution is 6.31. The Hall–Kier alpha value is -1.26. The molecule has 1 aromatic carbocycles. The summed E-state index contributed by atoms with van der Waals surface area (Å²) >= 11 is 6.13. The monoisotopic (exact) mass is 298 g/mol. The average Bonchev–Trinajstić information content (AvgIpc) is 2.42. The molecule has 0 bridgehead atoms. The van der Waals surface area contributed by atoms with Crippen molar-refractivity contribution in [1.82, 2.24) is 10.6 Å². The number of hydrogen-bond donors (Lipinski definition) is 2. The summed E-state index contributed by atoms with van der Waals surface area (Å²) in [5, 5.41) is 6.76. The third-order valence-electron chi connectivity index (χ3n) is 2.83. The van der Waals surface area contributed by atoms with Crippen LogP contribution in [0.5, 0.6) is 5.75 Å². The molecule has 2 N–H and O–H groups in total. The molecule has 4 nitrogen and oxygen atoms in total. The molecule has 1 aromatic rings. The first-order valence-corrected chi connectivity index (χ1v) is 7.21. The van der Waals surface area contributed by atoms with Crippen LogP contribution in [0.15, 0.2) is 18.2 Å². The molecule has 0 saturated carbocycles. The number of nitrogens with one attached hydrogen (secondary N) is 2. The minimum atomic E-state index is 0.0670. The quantitative estimate of drug-likeness (QED) is 0.725. The van der Waals surface area contributed by atoms with Gasteiger partial charge in [-0.05, 0) is 18.1 Å². The number of carbonyl (C=O) groups excluding carboxylic acids is 1. The zero-order chi connectivity index (χ0) is 15.0. The molecule has 0 spiro atoms. The van der Waals surface area contributed by atoms with Crippen LogP contribution in [0.25, 0.3) is 0 Å². The molecular weight excluding hydrogens is 276 g/mol. The Labute approximate surface area is 125 Å². The maximum absolute atomic E-state index is 11.5. The van der Waals surface area contributed by atoms with E-state index in [1.165, 1.54) is 0 Å². The van der Waals surface area contributed by atoms with Crippen LogP contribution < -0.4 is 15.4 Å². The zero-order valence-corrected chi connectivity index (χ0v) is 13.1. The fraction of sp³-hybridized carbons (Fsp3) is 0.533. The molecule has 0 saturated heterocycles. The van der Waals surface area contributed by atoms with Gasteiger partial charge in [-0.15, -0.1) is 0 Å². The molecule has 112 valence electrons. The normalized spacial score (nSPS) is 10.7. The molecule has 0 radical (unpaired) electrons. The van der Waals surface area contributed by atoms with Crippen LogP contribution in [0.2, 0.25) is 5.02 Å². The summed E-state index contributed by atoms with van der Waals surface area (Å²) in [4.78, 5) is 11.5. The highest BCUT2D eigenvalue weighted by Crippen LogP contribution is 2.25. The molecule has 0 aliphatic heterocycles. The Bertz CT molecular complexity index is 436. The number of rotatable bonds is 8. The summed E-state index contributed by atoms with van der Waals surface area (Å²) in [6.07, 6.45) is 0.458. The van der Waals surface area contributed by atoms with E-state index >= 15 is 0 Å². The van der Waals surface area contributed by atoms with E-state index in [1.54, 1.807) is 7.11 Å². The van der Waals surface area contributed by atoms with Crippen LogP contribution in [-0.4, -0.2) is 26.1 Å². The number of hydrogen-bond acceptors (Lipinski definition) is 3. The topological polar surface area (TPSA) is 50.4 Å². The van der Waals surface area contributed by atoms with E-state index in [-0.39, 0.29) is 5.91 Å². The Balaban J connectivity index is 2.33. The Morgan fingerprint density at radius 2 is 2.15 bits per heavy atom. The summed E-state index contributed by atoms with van der Waals surface area (Å²) < 4.78 is 5.27. The summed E-state index contributed by atoms with van der Waals surface area (Å²) in [6.45, 7) is 6.06. The van der Waals surface area contributed by atoms with Gasteiger partial charge in [0.2, 0.25) is 5.91 Å². The van der Waals surface area contributed by atoms with Gasteiger partial charge in [0, 0.05) is 36.6 Å². The molecule has 1 amide bonds. The Morgan fingerprint density at radius 1 is 1.40 bits per heavy atom. The lowest BCUT2D eigenvalue weighted by molar-refractivity contribution is -0.121. The van der Waals surface area contributed by atoms with Crippen molar-refractivity contribution in [3.63, 3.8) is 0 Å². The van der Waals surface area contributed by atoms with E-state index in [9.17, 15) is 4.79 Å². The van der Waals surface area contributed by atoms with Crippen molar-refractivity contribution in [1.29, 1.82) is 0 Å². The molecule has 0 fully saturated rings. The highest BCUT2D eigenvalue weighted by atomic mass is 35.5. The number of benzene rings is 1. The summed E-state index contributed by atoms with van der Waals surface area (Å²) in [5.41, 5.74) is 0.916. The smallest absolute Gasteiger partial charge is 0.221 e. The van der Waals surface area contributed by atoms with Crippen molar-refractivity contribution in [2.45, 2.75) is 26.8 Å². The number of carbonyl (C=O) groups is 1. The van der Waals surface area contributed by atoms with Crippen LogP contribution in [0.1, 0.15) is 25.8 Å². The van der Waals surface area contributed by atoms with Gasteiger partial charge in [-0.25, -0.2) is 0 Å². The lowest BCUT2D eigenvalue weighted by Crippen LogP contribution is -2.30. The van der Waals surface area contributed by atoms with E-state index in [0.717, 1.165) is 17.9 Å². The summed E-state index contributed by atoms with van der Waals surface area (Å²) in [7, 11) is 1.62. The number of methoxy groups -OCH3 is 1. The Morgan fingerprint density at radius 3 is 2.80 bits per heavy atom. The second-order valence-electron chi connectivity index (χ2n) is 5.05. The molecule has 0 heterocycles. The van der Waals surface area contributed by atoms with Crippen molar-refractivity contribution in [3.8, 4) is 5.75 Å². The molecule has 0 unspecified atom stereocenters. The maximum atomic E-state index is 11.5. The first-order chi connectivity index (χ1) is 9.54. The second-order valence-corrected chi connectivity index (χ2v) is 5.45. The maximum Gasteiger partial charge on any atom is 0.221 e. The number of ether oxygens (including phenoxy) is 1. The minimum Gasteiger partial charge on any atom is -0.496 e. The number of amides is 1. The largest absolute Gasteiger partial charge is 0.496 e. The van der Waals surface area contributed by atoms with E-state index < -0.39 is 0 Å². The van der Waals surface area contributed by atoms with Gasteiger partial charge in [-0.3, -0.25) is 4.79 Å². The first kappa shape index (κ1) is 16.8. The van der Waals surface area contributed by atoms with E-state index in [2.05, 4.69) is 24.5 Å². The third-order valence-corrected chi connectivity index (χ3v) is 3.19. The highest BCUT2D eigenvalue weighted by Gasteiger charge is 2.07. The molecule has 20 heavy (non-hydrogen) atoms. The van der Waals surface area contributed by atoms with Gasteiger partial charge >= 0.3 is 0 Å². The summed E-state index contributed by atoms with van der Waals surface area (Å²) in [5.74, 6) is 1.30. The summed E-state index contributed by atoms with van der Waals surface area (Å²) in [6, 6.07) is 5.55. The van der Waals surface area contributed by atoms with Crippen molar-refractivity contribution >= 4 is 17.5 Å². The molecule has 0 aliphatic carbocycles. The SMILES string of the molecule is COc1cccc(Cl)c1CNCCC(=O)NCC(C)C. The molecule has 0 aliphatic rings. The van der Waals surface area contributed by atoms with Gasteiger partial charge in [0.05, 0.1) is 7.11 Å². The van der Waals surface area contributed by atoms with Crippen molar-refractivity contribution in [2.75, 3.05) is 20.2 Å². The molecule has 5 heteroatoms. The molecule has 0 aromatic heterocycles. The van der Waals surface area contributed by atoms with Gasteiger partial charge in [0.25, 0.3) is 0 Å². The lowest BCUT2D eigenvalue weighted by atomic mass is 10.2. The third kappa shape index (κ3) is 5.80. The van der Waals surface area contributed by atoms with Crippen LogP contribution in [0.3, 0.4) is 0 Å². The van der Waals surface area contributed by atoms with Gasteiger partial charge in [0.1, 0.15) is 5.75 Å². The predicted molar refractivity (Wildman–Crippen MR) is 82.2 cm³/mol. The van der Waals surface area contributed by atoms with Crippen LogP contribution in [-0.2, 0) is 11.3 Å². The van der Waals surface area contributed by atoms with Gasteiger partial charge in [-0.2, -0.15) is 0 Å². The molecule has 0 atom stereocenters. The van der Waals surface area contributed by atoms with Crippen LogP contribution in [0.4, 0.5) is 0 Å². The molecular formula is C15H23ClN2O2. The van der Waals surface area contributed by atoms with Gasteiger partial charge in [-0.1, -0.05) is 31.5 Å². The average molecular weight is 299 g/mol. The zero-order valence-electron chi connectivity index (χ0n) is 12.3. The fourth-order valence-corrected chi connectivity index (χ4v) is 1.96. The standard InChI is InChI=1S/C15H23ClN2O2/c1-11(2)9-18-15(19)7-8-17-10-12-13(16)5-4-6-14(12)20-3/h4-6,11,17H,7-10H2,1-3H3,(H,18,19). The first-order valence-electron chi connectivity index (χ1n) is 6.83. The Kier molecular flexibility index (Phi) is 7.41. The minimum absolute atomic E-state index is 0.0670. The van der Waals surface area contributed by atoms with E-state index in [4.69, 9.17) is 16.3 Å². The fourth-order valence-electron chi connectivity index (χ4n) is 1.72. The molecule has 1 rings (SSSR count). The van der Waals surface area contributed by atoms with Crippen molar-refractivity contribution in [3.05, 3.63) is 28.8 Å². The van der Waals surface area contributed by atoms with Crippen LogP contribution >= 0.6 is 11.6 Å². The van der Waals surface area contributed by atoms with E-state index in [1.807, 2.05) is 18.2 Å². The van der Waals surface area contributed by atoms with E-state index in [0.29, 0.717) is 30.5 Å². The van der Waals surface area contributed by atoms with Crippen molar-refractivity contribution < 1.29 is 9.53 Å². The lowest BCUT2D eigenvalue weighted by Gasteiger charge is -2.11. The predicted octanol–water partition coefficient (Wildman–Crippen LogP) is 2.60. The number of halogens is 1. The van der Waals surface area contributed by atoms with Crippen LogP contribution in [0, 0.1) is 5.92 Å².